The quantitative estimate of drug-likeness (QED) is 0.855. The van der Waals surface area contributed by atoms with Crippen LogP contribution in [-0.2, 0) is 19.6 Å². The van der Waals surface area contributed by atoms with Gasteiger partial charge in [-0.2, -0.15) is 4.31 Å². The third kappa shape index (κ3) is 3.76. The summed E-state index contributed by atoms with van der Waals surface area (Å²) >= 11 is 0. The van der Waals surface area contributed by atoms with E-state index in [1.54, 1.807) is 30.3 Å². The summed E-state index contributed by atoms with van der Waals surface area (Å²) in [6.07, 6.45) is 3.21. The Kier molecular flexibility index (Phi) is 5.62. The summed E-state index contributed by atoms with van der Waals surface area (Å²) in [5.41, 5.74) is 0. The van der Waals surface area contributed by atoms with E-state index in [9.17, 15) is 23.1 Å². The van der Waals surface area contributed by atoms with Crippen LogP contribution in [0.25, 0.3) is 0 Å². The highest BCUT2D eigenvalue weighted by atomic mass is 32.2. The molecular weight excluding hydrogens is 356 g/mol. The molecule has 2 heterocycles. The van der Waals surface area contributed by atoms with Gasteiger partial charge in [-0.15, -0.1) is 0 Å². The van der Waals surface area contributed by atoms with E-state index in [2.05, 4.69) is 0 Å². The Morgan fingerprint density at radius 3 is 2.42 bits per heavy atom. The predicted octanol–water partition coefficient (Wildman–Crippen LogP) is 1.55. The third-order valence-electron chi connectivity index (χ3n) is 5.19. The molecule has 0 aliphatic carbocycles. The second-order valence-electron chi connectivity index (χ2n) is 6.90. The minimum absolute atomic E-state index is 0.110. The van der Waals surface area contributed by atoms with Gasteiger partial charge in [0.2, 0.25) is 15.9 Å². The van der Waals surface area contributed by atoms with Gasteiger partial charge in [0, 0.05) is 19.6 Å². The molecule has 0 radical (unpaired) electrons. The molecule has 0 aromatic heterocycles. The van der Waals surface area contributed by atoms with Crippen molar-refractivity contribution in [1.82, 2.24) is 9.21 Å². The van der Waals surface area contributed by atoms with Crippen molar-refractivity contribution < 1.29 is 23.1 Å². The lowest BCUT2D eigenvalue weighted by Gasteiger charge is -2.38. The molecule has 7 nitrogen and oxygen atoms in total. The van der Waals surface area contributed by atoms with Crippen molar-refractivity contribution in [3.8, 4) is 0 Å². The summed E-state index contributed by atoms with van der Waals surface area (Å²) in [5, 5.41) is 9.39. The maximum absolute atomic E-state index is 12.9. The smallest absolute Gasteiger partial charge is 0.326 e. The number of hydrogen-bond acceptors (Lipinski definition) is 4. The van der Waals surface area contributed by atoms with Crippen LogP contribution >= 0.6 is 0 Å². The molecule has 1 aromatic carbocycles. The van der Waals surface area contributed by atoms with E-state index < -0.39 is 28.0 Å². The fourth-order valence-corrected chi connectivity index (χ4v) is 5.34. The molecule has 3 rings (SSSR count). The summed E-state index contributed by atoms with van der Waals surface area (Å²) in [5.74, 6) is -1.70. The normalized spacial score (nSPS) is 25.0. The lowest BCUT2D eigenvalue weighted by molar-refractivity contribution is -0.154. The summed E-state index contributed by atoms with van der Waals surface area (Å²) in [6, 6.07) is 7.40. The van der Waals surface area contributed by atoms with Crippen LogP contribution in [0.3, 0.4) is 0 Å². The summed E-state index contributed by atoms with van der Waals surface area (Å²) in [4.78, 5) is 26.0. The molecule has 0 spiro atoms. The van der Waals surface area contributed by atoms with Crippen LogP contribution in [0, 0.1) is 5.92 Å². The van der Waals surface area contributed by atoms with Crippen LogP contribution in [0.4, 0.5) is 0 Å². The molecule has 2 aliphatic rings. The Morgan fingerprint density at radius 2 is 1.73 bits per heavy atom. The van der Waals surface area contributed by atoms with Crippen LogP contribution in [0.5, 0.6) is 0 Å². The maximum atomic E-state index is 12.9. The Morgan fingerprint density at radius 1 is 1.00 bits per heavy atom. The van der Waals surface area contributed by atoms with Crippen molar-refractivity contribution >= 4 is 21.9 Å². The van der Waals surface area contributed by atoms with E-state index in [0.717, 1.165) is 12.8 Å². The van der Waals surface area contributed by atoms with E-state index in [0.29, 0.717) is 32.4 Å². The first-order chi connectivity index (χ1) is 12.4. The first-order valence-electron chi connectivity index (χ1n) is 9.00. The number of carbonyl (C=O) groups excluding carboxylic acids is 1. The number of nitrogens with zero attached hydrogens (tertiary/aromatic N) is 2. The summed E-state index contributed by atoms with van der Waals surface area (Å²) < 4.78 is 27.0. The predicted molar refractivity (Wildman–Crippen MR) is 94.9 cm³/mol. The number of benzene rings is 1. The topological polar surface area (TPSA) is 95.0 Å². The van der Waals surface area contributed by atoms with E-state index in [1.807, 2.05) is 0 Å². The maximum Gasteiger partial charge on any atom is 0.326 e. The third-order valence-corrected chi connectivity index (χ3v) is 7.06. The highest BCUT2D eigenvalue weighted by Crippen LogP contribution is 2.27. The number of aliphatic carboxylic acids is 1. The molecule has 2 atom stereocenters. The van der Waals surface area contributed by atoms with Gasteiger partial charge < -0.3 is 10.0 Å². The number of rotatable bonds is 4. The highest BCUT2D eigenvalue weighted by Gasteiger charge is 2.39. The van der Waals surface area contributed by atoms with E-state index in [1.165, 1.54) is 9.21 Å². The minimum Gasteiger partial charge on any atom is -0.480 e. The van der Waals surface area contributed by atoms with Crippen molar-refractivity contribution in [2.75, 3.05) is 19.6 Å². The summed E-state index contributed by atoms with van der Waals surface area (Å²) in [6.45, 7) is 0.917. The van der Waals surface area contributed by atoms with Crippen molar-refractivity contribution in [2.45, 2.75) is 43.0 Å². The minimum atomic E-state index is -3.64. The molecule has 8 heteroatoms. The zero-order valence-electron chi connectivity index (χ0n) is 14.6. The fraction of sp³-hybridized carbons (Fsp3) is 0.556. The lowest BCUT2D eigenvalue weighted by Crippen LogP contribution is -2.53. The molecule has 1 N–H and O–H groups in total. The van der Waals surface area contributed by atoms with Gasteiger partial charge in [0.25, 0.3) is 0 Å². The van der Waals surface area contributed by atoms with Gasteiger partial charge in [-0.05, 0) is 44.2 Å². The van der Waals surface area contributed by atoms with Crippen molar-refractivity contribution in [2.24, 2.45) is 5.92 Å². The number of piperidine rings is 2. The van der Waals surface area contributed by atoms with Crippen molar-refractivity contribution in [1.29, 1.82) is 0 Å². The molecule has 2 saturated heterocycles. The number of hydrogen-bond donors (Lipinski definition) is 1. The molecule has 1 amide bonds. The number of likely N-dealkylation sites (tertiary alicyclic amines) is 1. The number of carbonyl (C=O) groups is 2. The molecule has 0 saturated carbocycles. The van der Waals surface area contributed by atoms with Crippen molar-refractivity contribution in [3.05, 3.63) is 30.3 Å². The van der Waals surface area contributed by atoms with Gasteiger partial charge in [0.05, 0.1) is 10.8 Å². The monoisotopic (exact) mass is 380 g/mol. The molecule has 1 unspecified atom stereocenters. The SMILES string of the molecule is O=C(O)[C@H]1CCCCN1C(=O)C1CCCN(S(=O)(=O)c2ccccc2)C1. The van der Waals surface area contributed by atoms with Gasteiger partial charge in [-0.25, -0.2) is 13.2 Å². The molecule has 2 fully saturated rings. The summed E-state index contributed by atoms with van der Waals surface area (Å²) in [7, 11) is -3.64. The van der Waals surface area contributed by atoms with Gasteiger partial charge in [0.1, 0.15) is 6.04 Å². The van der Waals surface area contributed by atoms with Crippen molar-refractivity contribution in [3.63, 3.8) is 0 Å². The van der Waals surface area contributed by atoms with Crippen LogP contribution in [-0.4, -0.2) is 60.3 Å². The average Bonchev–Trinajstić information content (AvgIpc) is 2.68. The molecule has 1 aromatic rings. The first kappa shape index (κ1) is 18.8. The highest BCUT2D eigenvalue weighted by molar-refractivity contribution is 7.89. The van der Waals surface area contributed by atoms with Gasteiger partial charge in [-0.1, -0.05) is 18.2 Å². The van der Waals surface area contributed by atoms with E-state index in [4.69, 9.17) is 0 Å². The number of carboxylic acids is 1. The molecule has 26 heavy (non-hydrogen) atoms. The number of sulfonamides is 1. The Bertz CT molecular complexity index is 765. The lowest BCUT2D eigenvalue weighted by atomic mass is 9.94. The second-order valence-corrected chi connectivity index (χ2v) is 8.83. The number of amides is 1. The molecule has 2 aliphatic heterocycles. The molecule has 142 valence electrons. The van der Waals surface area contributed by atoms with Crippen LogP contribution in [0.15, 0.2) is 35.2 Å². The first-order valence-corrected chi connectivity index (χ1v) is 10.4. The standard InChI is InChI=1S/C18H24N2O5S/c21-17(20-12-5-4-10-16(20)18(22)23)14-7-6-11-19(13-14)26(24,25)15-8-2-1-3-9-15/h1-3,8-9,14,16H,4-7,10-13H2,(H,22,23)/t14?,16-/m1/s1. The van der Waals surface area contributed by atoms with Gasteiger partial charge >= 0.3 is 5.97 Å². The van der Waals surface area contributed by atoms with Crippen LogP contribution < -0.4 is 0 Å². The Labute approximate surface area is 153 Å². The Hall–Kier alpha value is -1.93. The zero-order chi connectivity index (χ0) is 18.7. The fourth-order valence-electron chi connectivity index (χ4n) is 3.79. The average molecular weight is 380 g/mol. The van der Waals surface area contributed by atoms with E-state index in [-0.39, 0.29) is 17.3 Å². The zero-order valence-corrected chi connectivity index (χ0v) is 15.4. The Balaban J connectivity index is 1.76. The second kappa shape index (κ2) is 7.75. The van der Waals surface area contributed by atoms with Crippen LogP contribution in [0.1, 0.15) is 32.1 Å². The largest absolute Gasteiger partial charge is 0.480 e. The van der Waals surface area contributed by atoms with E-state index >= 15 is 0 Å². The van der Waals surface area contributed by atoms with Gasteiger partial charge in [-0.3, -0.25) is 4.79 Å². The van der Waals surface area contributed by atoms with Crippen LogP contribution in [0.2, 0.25) is 0 Å². The molecule has 0 bridgehead atoms. The van der Waals surface area contributed by atoms with Gasteiger partial charge in [0.15, 0.2) is 0 Å². The number of carboxylic acid groups (broad SMARTS) is 1. The molecular formula is C18H24N2O5S.